The predicted molar refractivity (Wildman–Crippen MR) is 23.9 cm³/mol. The first-order valence-electron chi connectivity index (χ1n) is 2.52. The minimum atomic E-state index is -4.28. The van der Waals surface area contributed by atoms with Gasteiger partial charge in [0, 0.05) is 6.42 Å². The van der Waals surface area contributed by atoms with Gasteiger partial charge in [-0.3, -0.25) is 0 Å². The molecule has 0 aromatic carbocycles. The van der Waals surface area contributed by atoms with E-state index in [1.165, 1.54) is 6.92 Å². The monoisotopic (exact) mass is 138 g/mol. The Morgan fingerprint density at radius 2 is 1.78 bits per heavy atom. The minimum Gasteiger partial charge on any atom is -0.166 e. The van der Waals surface area contributed by atoms with E-state index in [-0.39, 0.29) is 6.42 Å². The maximum atomic E-state index is 11.7. The van der Waals surface area contributed by atoms with Crippen LogP contribution in [-0.4, -0.2) is 11.8 Å². The van der Waals surface area contributed by atoms with Gasteiger partial charge >= 0.3 is 6.18 Å². The van der Waals surface area contributed by atoms with Crippen LogP contribution >= 0.6 is 0 Å². The summed E-state index contributed by atoms with van der Waals surface area (Å²) in [5, 5.41) is 5.85. The molecule has 5 heteroatoms. The van der Waals surface area contributed by atoms with Gasteiger partial charge in [-0.05, 0) is 0 Å². The Balaban J connectivity index is 2.61. The van der Waals surface area contributed by atoms with Gasteiger partial charge in [-0.2, -0.15) is 13.2 Å². The SMILES string of the molecule is CCC1(C(F)(F)F)N=N1. The fraction of sp³-hybridized carbons (Fsp3) is 1.00. The molecular formula is C4H5F3N2. The van der Waals surface area contributed by atoms with Crippen LogP contribution in [0.4, 0.5) is 13.2 Å². The van der Waals surface area contributed by atoms with Crippen LogP contribution in [0.3, 0.4) is 0 Å². The summed E-state index contributed by atoms with van der Waals surface area (Å²) in [6.45, 7) is 1.41. The fourth-order valence-electron chi connectivity index (χ4n) is 0.516. The number of hydrogen-bond acceptors (Lipinski definition) is 2. The molecule has 1 heterocycles. The average molecular weight is 138 g/mol. The van der Waals surface area contributed by atoms with Gasteiger partial charge in [-0.1, -0.05) is 6.92 Å². The summed E-state index contributed by atoms with van der Waals surface area (Å²) in [5.41, 5.74) is -2.02. The molecule has 0 bridgehead atoms. The van der Waals surface area contributed by atoms with E-state index in [0.717, 1.165) is 0 Å². The third kappa shape index (κ3) is 0.799. The van der Waals surface area contributed by atoms with Crippen LogP contribution in [-0.2, 0) is 0 Å². The Morgan fingerprint density at radius 3 is 1.78 bits per heavy atom. The summed E-state index contributed by atoms with van der Waals surface area (Å²) in [7, 11) is 0. The maximum absolute atomic E-state index is 11.7. The van der Waals surface area contributed by atoms with Gasteiger partial charge in [0.05, 0.1) is 0 Å². The highest BCUT2D eigenvalue weighted by atomic mass is 19.4. The van der Waals surface area contributed by atoms with Crippen LogP contribution in [0.15, 0.2) is 10.2 Å². The van der Waals surface area contributed by atoms with Gasteiger partial charge in [0.2, 0.25) is 0 Å². The van der Waals surface area contributed by atoms with E-state index < -0.39 is 11.8 Å². The maximum Gasteiger partial charge on any atom is 0.437 e. The van der Waals surface area contributed by atoms with E-state index in [4.69, 9.17) is 0 Å². The molecule has 0 saturated carbocycles. The van der Waals surface area contributed by atoms with Crippen LogP contribution in [0.2, 0.25) is 0 Å². The van der Waals surface area contributed by atoms with Gasteiger partial charge in [-0.25, -0.2) is 0 Å². The van der Waals surface area contributed by atoms with Gasteiger partial charge in [0.1, 0.15) is 0 Å². The largest absolute Gasteiger partial charge is 0.437 e. The van der Waals surface area contributed by atoms with Crippen molar-refractivity contribution in [2.45, 2.75) is 25.2 Å². The highest BCUT2D eigenvalue weighted by Crippen LogP contribution is 2.46. The molecule has 1 aliphatic rings. The molecule has 0 aromatic rings. The smallest absolute Gasteiger partial charge is 0.166 e. The molecule has 0 spiro atoms. The van der Waals surface area contributed by atoms with Crippen LogP contribution in [0.25, 0.3) is 0 Å². The Hall–Kier alpha value is -0.610. The summed E-state index contributed by atoms with van der Waals surface area (Å²) in [6.07, 6.45) is -4.36. The molecule has 0 unspecified atom stereocenters. The lowest BCUT2D eigenvalue weighted by molar-refractivity contribution is -0.163. The summed E-state index contributed by atoms with van der Waals surface area (Å²) < 4.78 is 35.1. The average Bonchev–Trinajstić information content (AvgIpc) is 2.40. The molecular weight excluding hydrogens is 133 g/mol. The molecule has 52 valence electrons. The molecule has 0 fully saturated rings. The summed E-state index contributed by atoms with van der Waals surface area (Å²) in [4.78, 5) is 0. The molecule has 0 atom stereocenters. The second-order valence-electron chi connectivity index (χ2n) is 1.87. The zero-order chi connectivity index (χ0) is 7.12. The fourth-order valence-corrected chi connectivity index (χ4v) is 0.516. The van der Waals surface area contributed by atoms with Crippen LogP contribution in [0.1, 0.15) is 13.3 Å². The van der Waals surface area contributed by atoms with Gasteiger partial charge in [0.15, 0.2) is 0 Å². The summed E-state index contributed by atoms with van der Waals surface area (Å²) in [6, 6.07) is 0. The lowest BCUT2D eigenvalue weighted by atomic mass is 10.2. The molecule has 0 amide bonds. The van der Waals surface area contributed by atoms with E-state index >= 15 is 0 Å². The molecule has 0 N–H and O–H groups in total. The van der Waals surface area contributed by atoms with Crippen molar-refractivity contribution in [2.24, 2.45) is 10.2 Å². The molecule has 9 heavy (non-hydrogen) atoms. The number of alkyl halides is 3. The zero-order valence-electron chi connectivity index (χ0n) is 4.74. The van der Waals surface area contributed by atoms with E-state index in [0.29, 0.717) is 0 Å². The highest BCUT2D eigenvalue weighted by Gasteiger charge is 2.62. The topological polar surface area (TPSA) is 24.7 Å². The standard InChI is InChI=1S/C4H5F3N2/c1-2-3(8-9-3)4(5,6)7/h2H2,1H3. The van der Waals surface area contributed by atoms with Crippen molar-refractivity contribution < 1.29 is 13.2 Å². The Bertz CT molecular complexity index is 142. The van der Waals surface area contributed by atoms with E-state index in [9.17, 15) is 13.2 Å². The van der Waals surface area contributed by atoms with Crippen molar-refractivity contribution in [3.63, 3.8) is 0 Å². The molecule has 0 saturated heterocycles. The molecule has 2 nitrogen and oxygen atoms in total. The first kappa shape index (κ1) is 6.51. The molecule has 0 aliphatic carbocycles. The van der Waals surface area contributed by atoms with Crippen molar-refractivity contribution >= 4 is 0 Å². The lowest BCUT2D eigenvalue weighted by Gasteiger charge is -2.10. The van der Waals surface area contributed by atoms with E-state index in [1.807, 2.05) is 0 Å². The van der Waals surface area contributed by atoms with E-state index in [1.54, 1.807) is 0 Å². The van der Waals surface area contributed by atoms with E-state index in [2.05, 4.69) is 10.2 Å². The second kappa shape index (κ2) is 1.46. The third-order valence-electron chi connectivity index (χ3n) is 1.29. The second-order valence-corrected chi connectivity index (χ2v) is 1.87. The van der Waals surface area contributed by atoms with Gasteiger partial charge in [-0.15, -0.1) is 10.2 Å². The van der Waals surface area contributed by atoms with Crippen molar-refractivity contribution in [1.82, 2.24) is 0 Å². The normalized spacial score (nSPS) is 22.2. The van der Waals surface area contributed by atoms with Crippen LogP contribution < -0.4 is 0 Å². The first-order valence-corrected chi connectivity index (χ1v) is 2.52. The number of nitrogens with zero attached hydrogens (tertiary/aromatic N) is 2. The third-order valence-corrected chi connectivity index (χ3v) is 1.29. The summed E-state index contributed by atoms with van der Waals surface area (Å²) >= 11 is 0. The predicted octanol–water partition coefficient (Wildman–Crippen LogP) is 2.12. The van der Waals surface area contributed by atoms with Gasteiger partial charge < -0.3 is 0 Å². The lowest BCUT2D eigenvalue weighted by Crippen LogP contribution is -2.31. The molecule has 1 rings (SSSR count). The van der Waals surface area contributed by atoms with Crippen molar-refractivity contribution in [1.29, 1.82) is 0 Å². The first-order chi connectivity index (χ1) is 4.02. The number of hydrogen-bond donors (Lipinski definition) is 0. The number of halogens is 3. The van der Waals surface area contributed by atoms with Crippen molar-refractivity contribution in [3.05, 3.63) is 0 Å². The summed E-state index contributed by atoms with van der Waals surface area (Å²) in [5.74, 6) is 0. The number of rotatable bonds is 1. The Labute approximate surface area is 49.8 Å². The molecule has 0 radical (unpaired) electrons. The van der Waals surface area contributed by atoms with Gasteiger partial charge in [0.25, 0.3) is 5.66 Å². The highest BCUT2D eigenvalue weighted by molar-refractivity contribution is 4.98. The zero-order valence-corrected chi connectivity index (χ0v) is 4.74. The molecule has 1 aliphatic heterocycles. The van der Waals surface area contributed by atoms with Crippen molar-refractivity contribution in [2.75, 3.05) is 0 Å². The van der Waals surface area contributed by atoms with Crippen LogP contribution in [0, 0.1) is 0 Å². The van der Waals surface area contributed by atoms with Crippen molar-refractivity contribution in [3.8, 4) is 0 Å². The Kier molecular flexibility index (Phi) is 1.05. The molecule has 0 aromatic heterocycles. The van der Waals surface area contributed by atoms with Crippen LogP contribution in [0.5, 0.6) is 0 Å². The minimum absolute atomic E-state index is 0.0868. The quantitative estimate of drug-likeness (QED) is 0.530. The Morgan fingerprint density at radius 1 is 1.33 bits per heavy atom.